The largest absolute Gasteiger partial charge is 0.376 e. The zero-order chi connectivity index (χ0) is 15.3. The molecule has 0 aromatic heterocycles. The van der Waals surface area contributed by atoms with Crippen LogP contribution in [0.1, 0.15) is 79.1 Å². The molecule has 2 nitrogen and oxygen atoms in total. The summed E-state index contributed by atoms with van der Waals surface area (Å²) in [4.78, 5) is 0. The Labute approximate surface area is 132 Å². The van der Waals surface area contributed by atoms with Crippen LogP contribution in [-0.2, 0) is 4.74 Å². The number of nitrogens with one attached hydrogen (secondary N) is 1. The van der Waals surface area contributed by atoms with Gasteiger partial charge in [-0.2, -0.15) is 0 Å². The average Bonchev–Trinajstić information content (AvgIpc) is 2.95. The number of hydrogen-bond acceptors (Lipinski definition) is 2. The van der Waals surface area contributed by atoms with Gasteiger partial charge in [0.25, 0.3) is 0 Å². The number of hydrogen-bond donors (Lipinski definition) is 1. The van der Waals surface area contributed by atoms with Crippen LogP contribution in [0.3, 0.4) is 0 Å². The van der Waals surface area contributed by atoms with E-state index in [0.29, 0.717) is 17.6 Å². The third-order valence-corrected chi connectivity index (χ3v) is 5.69. The fraction of sp³-hybridized carbons (Fsp3) is 1.00. The molecule has 0 heterocycles. The second kappa shape index (κ2) is 7.97. The molecule has 2 aliphatic rings. The highest BCUT2D eigenvalue weighted by Crippen LogP contribution is 2.39. The highest BCUT2D eigenvalue weighted by molar-refractivity contribution is 4.90. The Morgan fingerprint density at radius 2 is 1.76 bits per heavy atom. The smallest absolute Gasteiger partial charge is 0.0731 e. The molecule has 2 heteroatoms. The molecule has 2 fully saturated rings. The van der Waals surface area contributed by atoms with Crippen molar-refractivity contribution in [1.82, 2.24) is 5.32 Å². The van der Waals surface area contributed by atoms with E-state index in [2.05, 4.69) is 33.0 Å². The Balaban J connectivity index is 1.88. The molecule has 0 bridgehead atoms. The van der Waals surface area contributed by atoms with Crippen molar-refractivity contribution in [2.24, 2.45) is 17.3 Å². The van der Waals surface area contributed by atoms with E-state index in [0.717, 1.165) is 25.0 Å². The third-order valence-electron chi connectivity index (χ3n) is 5.69. The molecule has 2 saturated carbocycles. The van der Waals surface area contributed by atoms with Crippen molar-refractivity contribution in [3.8, 4) is 0 Å². The van der Waals surface area contributed by atoms with Crippen LogP contribution < -0.4 is 5.32 Å². The van der Waals surface area contributed by atoms with Crippen molar-refractivity contribution in [2.75, 3.05) is 13.2 Å². The first-order chi connectivity index (χ1) is 10.0. The van der Waals surface area contributed by atoms with Gasteiger partial charge in [-0.05, 0) is 62.3 Å². The van der Waals surface area contributed by atoms with Crippen LogP contribution in [0.4, 0.5) is 0 Å². The van der Waals surface area contributed by atoms with Gasteiger partial charge in [0, 0.05) is 12.6 Å². The molecule has 2 aliphatic carbocycles. The summed E-state index contributed by atoms with van der Waals surface area (Å²) in [6.45, 7) is 11.6. The lowest BCUT2D eigenvalue weighted by molar-refractivity contribution is -0.0399. The molecular formula is C19H37NO. The van der Waals surface area contributed by atoms with E-state index in [4.69, 9.17) is 4.74 Å². The molecule has 0 amide bonds. The second-order valence-electron chi connectivity index (χ2n) is 8.46. The molecule has 0 aliphatic heterocycles. The Hall–Kier alpha value is -0.0800. The van der Waals surface area contributed by atoms with Crippen molar-refractivity contribution < 1.29 is 4.74 Å². The maximum Gasteiger partial charge on any atom is 0.0731 e. The highest BCUT2D eigenvalue weighted by Gasteiger charge is 2.36. The number of rotatable bonds is 6. The van der Waals surface area contributed by atoms with E-state index in [1.165, 1.54) is 51.4 Å². The van der Waals surface area contributed by atoms with Crippen LogP contribution in [0.2, 0.25) is 0 Å². The maximum atomic E-state index is 6.44. The molecule has 3 atom stereocenters. The standard InChI is InChI=1S/C19H37NO/c1-5-12-20-17-11-10-16(19(2,3)4)13-18(17)21-14-15-8-6-7-9-15/h15-18,20H,5-14H2,1-4H3. The zero-order valence-corrected chi connectivity index (χ0v) is 14.8. The molecule has 0 radical (unpaired) electrons. The summed E-state index contributed by atoms with van der Waals surface area (Å²) in [5.41, 5.74) is 0.421. The Morgan fingerprint density at radius 3 is 2.38 bits per heavy atom. The topological polar surface area (TPSA) is 21.3 Å². The molecule has 3 unspecified atom stereocenters. The first-order valence-corrected chi connectivity index (χ1v) is 9.35. The van der Waals surface area contributed by atoms with Gasteiger partial charge in [-0.1, -0.05) is 40.5 Å². The van der Waals surface area contributed by atoms with Crippen LogP contribution in [0.5, 0.6) is 0 Å². The molecule has 0 saturated heterocycles. The van der Waals surface area contributed by atoms with Gasteiger partial charge in [-0.15, -0.1) is 0 Å². The Bertz CT molecular complexity index is 290. The number of ether oxygens (including phenoxy) is 1. The van der Waals surface area contributed by atoms with Gasteiger partial charge < -0.3 is 10.1 Å². The fourth-order valence-corrected chi connectivity index (χ4v) is 4.10. The SMILES string of the molecule is CCCNC1CCC(C(C)(C)C)CC1OCC1CCCC1. The van der Waals surface area contributed by atoms with Gasteiger partial charge in [0.2, 0.25) is 0 Å². The summed E-state index contributed by atoms with van der Waals surface area (Å²) in [5, 5.41) is 3.74. The van der Waals surface area contributed by atoms with Crippen LogP contribution in [0, 0.1) is 17.3 Å². The molecule has 124 valence electrons. The summed E-state index contributed by atoms with van der Waals surface area (Å²) in [6, 6.07) is 0.588. The van der Waals surface area contributed by atoms with Gasteiger partial charge in [-0.25, -0.2) is 0 Å². The monoisotopic (exact) mass is 295 g/mol. The van der Waals surface area contributed by atoms with Crippen LogP contribution in [0.25, 0.3) is 0 Å². The zero-order valence-electron chi connectivity index (χ0n) is 14.8. The van der Waals surface area contributed by atoms with Gasteiger partial charge in [0.1, 0.15) is 0 Å². The Kier molecular flexibility index (Phi) is 6.55. The molecule has 0 aromatic rings. The average molecular weight is 296 g/mol. The highest BCUT2D eigenvalue weighted by atomic mass is 16.5. The summed E-state index contributed by atoms with van der Waals surface area (Å²) >= 11 is 0. The van der Waals surface area contributed by atoms with Crippen LogP contribution >= 0.6 is 0 Å². The van der Waals surface area contributed by atoms with Crippen molar-refractivity contribution in [3.63, 3.8) is 0 Å². The fourth-order valence-electron chi connectivity index (χ4n) is 4.10. The second-order valence-corrected chi connectivity index (χ2v) is 8.46. The normalized spacial score (nSPS) is 31.7. The third kappa shape index (κ3) is 5.25. The van der Waals surface area contributed by atoms with E-state index < -0.39 is 0 Å². The molecule has 1 N–H and O–H groups in total. The van der Waals surface area contributed by atoms with Gasteiger partial charge in [-0.3, -0.25) is 0 Å². The van der Waals surface area contributed by atoms with E-state index in [9.17, 15) is 0 Å². The minimum absolute atomic E-state index is 0.421. The van der Waals surface area contributed by atoms with E-state index >= 15 is 0 Å². The van der Waals surface area contributed by atoms with Crippen LogP contribution in [0.15, 0.2) is 0 Å². The predicted octanol–water partition coefficient (Wildman–Crippen LogP) is 4.78. The first kappa shape index (κ1) is 17.3. The summed E-state index contributed by atoms with van der Waals surface area (Å²) in [7, 11) is 0. The maximum absolute atomic E-state index is 6.44. The van der Waals surface area contributed by atoms with Crippen molar-refractivity contribution in [1.29, 1.82) is 0 Å². The molecule has 2 rings (SSSR count). The quantitative estimate of drug-likeness (QED) is 0.761. The summed E-state index contributed by atoms with van der Waals surface area (Å²) < 4.78 is 6.44. The van der Waals surface area contributed by atoms with Gasteiger partial charge in [0.05, 0.1) is 6.10 Å². The lowest BCUT2D eigenvalue weighted by Gasteiger charge is -2.42. The summed E-state index contributed by atoms with van der Waals surface area (Å²) in [6.07, 6.45) is 11.2. The lowest BCUT2D eigenvalue weighted by Crippen LogP contribution is -2.48. The van der Waals surface area contributed by atoms with E-state index in [1.807, 2.05) is 0 Å². The van der Waals surface area contributed by atoms with Crippen molar-refractivity contribution in [3.05, 3.63) is 0 Å². The van der Waals surface area contributed by atoms with Crippen LogP contribution in [-0.4, -0.2) is 25.3 Å². The van der Waals surface area contributed by atoms with Gasteiger partial charge >= 0.3 is 0 Å². The summed E-state index contributed by atoms with van der Waals surface area (Å²) in [5.74, 6) is 1.65. The van der Waals surface area contributed by atoms with E-state index in [1.54, 1.807) is 0 Å². The van der Waals surface area contributed by atoms with Gasteiger partial charge in [0.15, 0.2) is 0 Å². The Morgan fingerprint density at radius 1 is 1.05 bits per heavy atom. The molecular weight excluding hydrogens is 258 g/mol. The molecule has 0 spiro atoms. The molecule has 0 aromatic carbocycles. The minimum atomic E-state index is 0.421. The van der Waals surface area contributed by atoms with E-state index in [-0.39, 0.29) is 0 Å². The van der Waals surface area contributed by atoms with Crippen molar-refractivity contribution >= 4 is 0 Å². The minimum Gasteiger partial charge on any atom is -0.376 e. The predicted molar refractivity (Wildman–Crippen MR) is 90.6 cm³/mol. The lowest BCUT2D eigenvalue weighted by atomic mass is 9.70. The van der Waals surface area contributed by atoms with Crippen molar-refractivity contribution in [2.45, 2.75) is 91.2 Å². The molecule has 21 heavy (non-hydrogen) atoms. The first-order valence-electron chi connectivity index (χ1n) is 9.35.